The molecule has 0 amide bonds. The molecule has 1 unspecified atom stereocenters. The highest BCUT2D eigenvalue weighted by molar-refractivity contribution is 5.89. The molecule has 4 N–H and O–H groups in total. The standard InChI is InChI=1S/C21H21N3O3/c1-27-18-8-4-7-17-19(18)21(12-23-17,11-15(22)20(25)26)10-14-9-13-5-2-3-6-16(13)24-14/h2-9,12,15,24H,10-11,22H2,1H3,(H,25,26)/t15-,21?/m0/s1. The van der Waals surface area contributed by atoms with Crippen molar-refractivity contribution in [1.29, 1.82) is 0 Å². The molecular formula is C21H21N3O3. The molecule has 2 aromatic carbocycles. The summed E-state index contributed by atoms with van der Waals surface area (Å²) >= 11 is 0. The number of para-hydroxylation sites is 1. The number of carboxylic acids is 1. The van der Waals surface area contributed by atoms with Gasteiger partial charge in [0.2, 0.25) is 0 Å². The number of hydrogen-bond acceptors (Lipinski definition) is 4. The first-order chi connectivity index (χ1) is 13.0. The number of methoxy groups -OCH3 is 1. The van der Waals surface area contributed by atoms with E-state index in [0.717, 1.165) is 27.8 Å². The molecule has 27 heavy (non-hydrogen) atoms. The topological polar surface area (TPSA) is 101 Å². The Bertz CT molecular complexity index is 1010. The molecule has 6 heteroatoms. The molecule has 138 valence electrons. The number of nitrogens with two attached hydrogens (primary N) is 1. The number of nitrogens with zero attached hydrogens (tertiary/aromatic N) is 1. The van der Waals surface area contributed by atoms with Crippen LogP contribution >= 0.6 is 0 Å². The lowest BCUT2D eigenvalue weighted by Gasteiger charge is -2.30. The van der Waals surface area contributed by atoms with Crippen LogP contribution in [-0.4, -0.2) is 35.4 Å². The Morgan fingerprint density at radius 1 is 1.30 bits per heavy atom. The van der Waals surface area contributed by atoms with Gasteiger partial charge in [0.05, 0.1) is 12.8 Å². The molecule has 0 radical (unpaired) electrons. The molecule has 0 saturated carbocycles. The molecule has 6 nitrogen and oxygen atoms in total. The first-order valence-electron chi connectivity index (χ1n) is 8.80. The Balaban J connectivity index is 1.82. The van der Waals surface area contributed by atoms with Gasteiger partial charge in [-0.05, 0) is 36.1 Å². The van der Waals surface area contributed by atoms with E-state index in [4.69, 9.17) is 10.5 Å². The van der Waals surface area contributed by atoms with Crippen molar-refractivity contribution >= 4 is 28.8 Å². The zero-order valence-corrected chi connectivity index (χ0v) is 15.0. The molecule has 0 spiro atoms. The van der Waals surface area contributed by atoms with Gasteiger partial charge >= 0.3 is 5.97 Å². The van der Waals surface area contributed by atoms with E-state index in [1.165, 1.54) is 0 Å². The lowest BCUT2D eigenvalue weighted by atomic mass is 9.73. The highest BCUT2D eigenvalue weighted by Gasteiger charge is 2.42. The van der Waals surface area contributed by atoms with Crippen molar-refractivity contribution in [3.63, 3.8) is 0 Å². The summed E-state index contributed by atoms with van der Waals surface area (Å²) < 4.78 is 5.57. The minimum Gasteiger partial charge on any atom is -0.496 e. The number of ether oxygens (including phenoxy) is 1. The van der Waals surface area contributed by atoms with Crippen LogP contribution in [0.25, 0.3) is 10.9 Å². The van der Waals surface area contributed by atoms with E-state index in [1.54, 1.807) is 7.11 Å². The van der Waals surface area contributed by atoms with Crippen molar-refractivity contribution in [3.05, 3.63) is 59.8 Å². The van der Waals surface area contributed by atoms with Crippen LogP contribution in [-0.2, 0) is 16.6 Å². The van der Waals surface area contributed by atoms with Crippen LogP contribution in [0.5, 0.6) is 5.75 Å². The molecule has 2 atom stereocenters. The molecule has 0 aliphatic carbocycles. The summed E-state index contributed by atoms with van der Waals surface area (Å²) in [6.07, 6.45) is 2.61. The quantitative estimate of drug-likeness (QED) is 0.626. The van der Waals surface area contributed by atoms with E-state index >= 15 is 0 Å². The molecule has 1 aliphatic rings. The lowest BCUT2D eigenvalue weighted by Crippen LogP contribution is -2.41. The van der Waals surface area contributed by atoms with Crippen LogP contribution in [0.2, 0.25) is 0 Å². The number of aromatic amines is 1. The van der Waals surface area contributed by atoms with E-state index in [0.29, 0.717) is 12.2 Å². The fraction of sp³-hybridized carbons (Fsp3) is 0.238. The lowest BCUT2D eigenvalue weighted by molar-refractivity contribution is -0.138. The van der Waals surface area contributed by atoms with E-state index in [9.17, 15) is 9.90 Å². The Hall–Kier alpha value is -3.12. The zero-order chi connectivity index (χ0) is 19.0. The third-order valence-electron chi connectivity index (χ3n) is 5.17. The van der Waals surface area contributed by atoms with Gasteiger partial charge in [-0.2, -0.15) is 0 Å². The number of benzene rings is 2. The van der Waals surface area contributed by atoms with Crippen molar-refractivity contribution in [1.82, 2.24) is 4.98 Å². The van der Waals surface area contributed by atoms with E-state index in [2.05, 4.69) is 16.0 Å². The second-order valence-corrected chi connectivity index (χ2v) is 6.98. The van der Waals surface area contributed by atoms with Gasteiger partial charge in [-0.3, -0.25) is 9.79 Å². The van der Waals surface area contributed by atoms with Crippen molar-refractivity contribution in [2.24, 2.45) is 10.7 Å². The number of nitrogens with one attached hydrogen (secondary N) is 1. The average Bonchev–Trinajstić information content (AvgIpc) is 3.23. The molecular weight excluding hydrogens is 342 g/mol. The summed E-state index contributed by atoms with van der Waals surface area (Å²) in [7, 11) is 1.61. The van der Waals surface area contributed by atoms with Crippen molar-refractivity contribution in [3.8, 4) is 5.75 Å². The third kappa shape index (κ3) is 2.98. The molecule has 0 saturated heterocycles. The van der Waals surface area contributed by atoms with E-state index in [-0.39, 0.29) is 6.42 Å². The second-order valence-electron chi connectivity index (χ2n) is 6.98. The number of rotatable bonds is 6. The van der Waals surface area contributed by atoms with E-state index < -0.39 is 17.4 Å². The van der Waals surface area contributed by atoms with E-state index in [1.807, 2.05) is 48.7 Å². The summed E-state index contributed by atoms with van der Waals surface area (Å²) in [6, 6.07) is 14.8. The first-order valence-corrected chi connectivity index (χ1v) is 8.80. The first kappa shape index (κ1) is 17.3. The minimum atomic E-state index is -1.03. The fourth-order valence-electron chi connectivity index (χ4n) is 3.96. The maximum Gasteiger partial charge on any atom is 0.320 e. The predicted octanol–water partition coefficient (Wildman–Crippen LogP) is 3.17. The number of aliphatic imine (C=N–C) groups is 1. The Morgan fingerprint density at radius 3 is 2.85 bits per heavy atom. The molecule has 2 heterocycles. The average molecular weight is 363 g/mol. The number of carboxylic acid groups (broad SMARTS) is 1. The van der Waals surface area contributed by atoms with Gasteiger partial charge in [-0.25, -0.2) is 0 Å². The van der Waals surface area contributed by atoms with Gasteiger partial charge in [0.1, 0.15) is 11.8 Å². The minimum absolute atomic E-state index is 0.231. The van der Waals surface area contributed by atoms with Gasteiger partial charge in [-0.15, -0.1) is 0 Å². The molecule has 1 aliphatic heterocycles. The normalized spacial score (nSPS) is 19.2. The Labute approximate surface area is 156 Å². The molecule has 0 fully saturated rings. The smallest absolute Gasteiger partial charge is 0.320 e. The van der Waals surface area contributed by atoms with Gasteiger partial charge in [-0.1, -0.05) is 24.3 Å². The fourth-order valence-corrected chi connectivity index (χ4v) is 3.96. The predicted molar refractivity (Wildman–Crippen MR) is 105 cm³/mol. The summed E-state index contributed by atoms with van der Waals surface area (Å²) in [6.45, 7) is 0. The highest BCUT2D eigenvalue weighted by atomic mass is 16.5. The monoisotopic (exact) mass is 363 g/mol. The van der Waals surface area contributed by atoms with Gasteiger partial charge < -0.3 is 20.6 Å². The van der Waals surface area contributed by atoms with Crippen LogP contribution < -0.4 is 10.5 Å². The SMILES string of the molecule is COc1cccc2c1C(Cc1cc3ccccc3[nH]1)(C[C@H](N)C(=O)O)C=N2. The van der Waals surface area contributed by atoms with Crippen LogP contribution in [0, 0.1) is 0 Å². The number of H-pyrrole nitrogens is 1. The second kappa shape index (κ2) is 6.55. The van der Waals surface area contributed by atoms with Crippen molar-refractivity contribution < 1.29 is 14.6 Å². The van der Waals surface area contributed by atoms with Crippen LogP contribution in [0.15, 0.2) is 53.5 Å². The molecule has 4 rings (SSSR count). The maximum atomic E-state index is 11.5. The number of hydrogen-bond donors (Lipinski definition) is 3. The van der Waals surface area contributed by atoms with Crippen molar-refractivity contribution in [2.75, 3.05) is 7.11 Å². The van der Waals surface area contributed by atoms with Crippen LogP contribution in [0.4, 0.5) is 5.69 Å². The molecule has 3 aromatic rings. The van der Waals surface area contributed by atoms with Crippen LogP contribution in [0.3, 0.4) is 0 Å². The summed E-state index contributed by atoms with van der Waals surface area (Å²) in [5.41, 5.74) is 9.02. The number of fused-ring (bicyclic) bond motifs is 2. The number of carbonyl (C=O) groups is 1. The van der Waals surface area contributed by atoms with Crippen molar-refractivity contribution in [2.45, 2.75) is 24.3 Å². The van der Waals surface area contributed by atoms with Gasteiger partial charge in [0, 0.05) is 34.8 Å². The Kier molecular flexibility index (Phi) is 4.20. The summed E-state index contributed by atoms with van der Waals surface area (Å²) in [4.78, 5) is 19.5. The highest BCUT2D eigenvalue weighted by Crippen LogP contribution is 2.47. The maximum absolute atomic E-state index is 11.5. The Morgan fingerprint density at radius 2 is 2.11 bits per heavy atom. The van der Waals surface area contributed by atoms with Crippen LogP contribution in [0.1, 0.15) is 17.7 Å². The third-order valence-corrected chi connectivity index (χ3v) is 5.17. The number of aliphatic carboxylic acids is 1. The largest absolute Gasteiger partial charge is 0.496 e. The summed E-state index contributed by atoms with van der Waals surface area (Å²) in [5.74, 6) is -0.332. The molecule has 1 aromatic heterocycles. The number of aromatic nitrogens is 1. The molecule has 0 bridgehead atoms. The van der Waals surface area contributed by atoms with Gasteiger partial charge in [0.15, 0.2) is 0 Å². The summed E-state index contributed by atoms with van der Waals surface area (Å²) in [5, 5.41) is 10.5. The van der Waals surface area contributed by atoms with Gasteiger partial charge in [0.25, 0.3) is 0 Å². The zero-order valence-electron chi connectivity index (χ0n) is 15.0.